The van der Waals surface area contributed by atoms with Crippen molar-refractivity contribution in [2.45, 2.75) is 23.9 Å². The number of carbonyl (C=O) groups excluding carboxylic acids is 1. The van der Waals surface area contributed by atoms with Crippen molar-refractivity contribution in [1.82, 2.24) is 10.2 Å². The van der Waals surface area contributed by atoms with E-state index in [0.29, 0.717) is 5.13 Å². The molecule has 0 aliphatic heterocycles. The normalized spacial score (nSPS) is 10.6. The Morgan fingerprint density at radius 2 is 2.08 bits per heavy atom. The van der Waals surface area contributed by atoms with Crippen LogP contribution in [0.1, 0.15) is 16.7 Å². The van der Waals surface area contributed by atoms with Gasteiger partial charge < -0.3 is 0 Å². The highest BCUT2D eigenvalue weighted by Crippen LogP contribution is 2.29. The number of thioether (sulfide) groups is 1. The number of nitrogens with one attached hydrogen (secondary N) is 2. The molecule has 0 saturated carbocycles. The molecule has 2 heterocycles. The minimum atomic E-state index is -0.306. The van der Waals surface area contributed by atoms with Crippen molar-refractivity contribution >= 4 is 50.6 Å². The minimum Gasteiger partial charge on any atom is -0.299 e. The molecule has 0 spiro atoms. The molecule has 2 N–H and O–H groups in total. The predicted molar refractivity (Wildman–Crippen MR) is 102 cm³/mol. The van der Waals surface area contributed by atoms with Gasteiger partial charge in [-0.15, -0.1) is 21.5 Å². The molecule has 24 heavy (non-hydrogen) atoms. The van der Waals surface area contributed by atoms with Crippen LogP contribution in [0.4, 0.5) is 14.9 Å². The van der Waals surface area contributed by atoms with Crippen LogP contribution in [0.5, 0.6) is 0 Å². The van der Waals surface area contributed by atoms with E-state index in [2.05, 4.69) is 52.9 Å². The second-order valence-corrected chi connectivity index (χ2v) is 8.30. The van der Waals surface area contributed by atoms with Crippen LogP contribution in [0, 0.1) is 13.8 Å². The maximum atomic E-state index is 11.9. The molecule has 3 aromatic rings. The van der Waals surface area contributed by atoms with Crippen LogP contribution < -0.4 is 10.6 Å². The number of nitrogens with zero attached hydrogens (tertiary/aromatic N) is 2. The summed E-state index contributed by atoms with van der Waals surface area (Å²) >= 11 is 4.47. The quantitative estimate of drug-likeness (QED) is 0.477. The second kappa shape index (κ2) is 7.78. The van der Waals surface area contributed by atoms with E-state index >= 15 is 0 Å². The molecule has 0 bridgehead atoms. The molecule has 0 radical (unpaired) electrons. The third kappa shape index (κ3) is 4.56. The molecule has 0 fully saturated rings. The van der Waals surface area contributed by atoms with E-state index in [1.54, 1.807) is 11.8 Å². The van der Waals surface area contributed by atoms with Crippen molar-refractivity contribution in [2.24, 2.45) is 0 Å². The zero-order valence-electron chi connectivity index (χ0n) is 13.2. The summed E-state index contributed by atoms with van der Waals surface area (Å²) in [7, 11) is 0. The summed E-state index contributed by atoms with van der Waals surface area (Å²) in [5.41, 5.74) is 3.81. The Bertz CT molecular complexity index is 830. The van der Waals surface area contributed by atoms with Crippen molar-refractivity contribution in [2.75, 3.05) is 10.6 Å². The van der Waals surface area contributed by atoms with E-state index < -0.39 is 0 Å². The Hall–Kier alpha value is -1.90. The number of anilines is 2. The molecule has 0 aliphatic carbocycles. The van der Waals surface area contributed by atoms with Gasteiger partial charge in [0.15, 0.2) is 4.34 Å². The fourth-order valence-corrected chi connectivity index (χ4v) is 4.43. The summed E-state index contributed by atoms with van der Waals surface area (Å²) < 4.78 is 0.835. The zero-order valence-corrected chi connectivity index (χ0v) is 15.6. The van der Waals surface area contributed by atoms with Crippen molar-refractivity contribution < 1.29 is 4.79 Å². The number of amides is 2. The average molecular weight is 377 g/mol. The highest BCUT2D eigenvalue weighted by molar-refractivity contribution is 8.00. The first kappa shape index (κ1) is 16.9. The number of aromatic nitrogens is 2. The molecule has 2 amide bonds. The molecule has 0 unspecified atom stereocenters. The van der Waals surface area contributed by atoms with Crippen molar-refractivity contribution in [3.8, 4) is 0 Å². The third-order valence-electron chi connectivity index (χ3n) is 3.24. The average Bonchev–Trinajstić information content (AvgIpc) is 3.20. The van der Waals surface area contributed by atoms with Crippen LogP contribution in [0.2, 0.25) is 0 Å². The van der Waals surface area contributed by atoms with Crippen molar-refractivity contribution in [1.29, 1.82) is 0 Å². The molecule has 2 aromatic heterocycles. The Morgan fingerprint density at radius 1 is 1.21 bits per heavy atom. The molecule has 1 aromatic carbocycles. The number of rotatable bonds is 5. The van der Waals surface area contributed by atoms with E-state index in [0.717, 1.165) is 15.1 Å². The van der Waals surface area contributed by atoms with Gasteiger partial charge in [-0.1, -0.05) is 46.9 Å². The molecule has 3 rings (SSSR count). The fraction of sp³-hybridized carbons (Fsp3) is 0.188. The first-order chi connectivity index (χ1) is 11.6. The Kier molecular flexibility index (Phi) is 5.49. The number of thiophene rings is 1. The summed E-state index contributed by atoms with van der Waals surface area (Å²) in [6.45, 7) is 4.20. The van der Waals surface area contributed by atoms with Gasteiger partial charge in [-0.05, 0) is 42.5 Å². The van der Waals surface area contributed by atoms with E-state index in [1.807, 2.05) is 17.5 Å². The predicted octanol–water partition coefficient (Wildman–Crippen LogP) is 5.15. The highest BCUT2D eigenvalue weighted by Gasteiger charge is 2.10. The van der Waals surface area contributed by atoms with Gasteiger partial charge in [-0.3, -0.25) is 10.6 Å². The Morgan fingerprint density at radius 3 is 2.88 bits per heavy atom. The lowest BCUT2D eigenvalue weighted by Gasteiger charge is -2.05. The monoisotopic (exact) mass is 376 g/mol. The van der Waals surface area contributed by atoms with Crippen molar-refractivity contribution in [3.05, 3.63) is 52.4 Å². The van der Waals surface area contributed by atoms with Crippen LogP contribution in [0.15, 0.2) is 40.1 Å². The fourth-order valence-electron chi connectivity index (χ4n) is 2.00. The maximum absolute atomic E-state index is 11.9. The molecular formula is C16H16N4OS3. The Labute approximate surface area is 152 Å². The van der Waals surface area contributed by atoms with E-state index in [9.17, 15) is 4.79 Å². The number of hydrogen-bond acceptors (Lipinski definition) is 6. The summed E-state index contributed by atoms with van der Waals surface area (Å²) in [5.74, 6) is 0.837. The van der Waals surface area contributed by atoms with Gasteiger partial charge in [-0.25, -0.2) is 4.79 Å². The highest BCUT2D eigenvalue weighted by atomic mass is 32.2. The molecular weight excluding hydrogens is 360 g/mol. The van der Waals surface area contributed by atoms with Crippen LogP contribution in [-0.2, 0) is 5.75 Å². The summed E-state index contributed by atoms with van der Waals surface area (Å²) in [6, 6.07) is 9.86. The second-order valence-electron chi connectivity index (χ2n) is 5.15. The number of carbonyl (C=O) groups is 1. The summed E-state index contributed by atoms with van der Waals surface area (Å²) in [6.07, 6.45) is 0. The van der Waals surface area contributed by atoms with Gasteiger partial charge in [0.1, 0.15) is 0 Å². The van der Waals surface area contributed by atoms with Gasteiger partial charge in [0, 0.05) is 5.75 Å². The molecule has 8 heteroatoms. The van der Waals surface area contributed by atoms with Crippen LogP contribution >= 0.6 is 34.4 Å². The standard InChI is InChI=1S/C16H16N4OS3/c1-10-5-6-11(2)12(8-10)9-23-16-20-19-15(24-16)18-14(21)17-13-4-3-7-22-13/h3-8H,9H2,1-2H3,(H2,17,18,19,21). The van der Waals surface area contributed by atoms with Crippen LogP contribution in [0.25, 0.3) is 0 Å². The summed E-state index contributed by atoms with van der Waals surface area (Å²) in [4.78, 5) is 11.9. The summed E-state index contributed by atoms with van der Waals surface area (Å²) in [5, 5.41) is 16.8. The van der Waals surface area contributed by atoms with Gasteiger partial charge in [0.2, 0.25) is 5.13 Å². The Balaban J connectivity index is 1.55. The third-order valence-corrected chi connectivity index (χ3v) is 6.05. The van der Waals surface area contributed by atoms with E-state index in [4.69, 9.17) is 0 Å². The lowest BCUT2D eigenvalue weighted by atomic mass is 10.1. The number of aryl methyl sites for hydroxylation is 2. The molecule has 5 nitrogen and oxygen atoms in total. The van der Waals surface area contributed by atoms with Gasteiger partial charge in [-0.2, -0.15) is 0 Å². The minimum absolute atomic E-state index is 0.306. The molecule has 0 atom stereocenters. The van der Waals surface area contributed by atoms with E-state index in [-0.39, 0.29) is 6.03 Å². The molecule has 0 saturated heterocycles. The topological polar surface area (TPSA) is 66.9 Å². The largest absolute Gasteiger partial charge is 0.326 e. The van der Waals surface area contributed by atoms with Crippen molar-refractivity contribution in [3.63, 3.8) is 0 Å². The van der Waals surface area contributed by atoms with Gasteiger partial charge >= 0.3 is 6.03 Å². The number of benzene rings is 1. The maximum Gasteiger partial charge on any atom is 0.326 e. The number of hydrogen-bond donors (Lipinski definition) is 2. The lowest BCUT2D eigenvalue weighted by Crippen LogP contribution is -2.18. The van der Waals surface area contributed by atoms with E-state index in [1.165, 1.54) is 39.4 Å². The first-order valence-corrected chi connectivity index (χ1v) is 9.92. The molecule has 0 aliphatic rings. The first-order valence-electron chi connectivity index (χ1n) is 7.24. The smallest absolute Gasteiger partial charge is 0.299 e. The number of urea groups is 1. The zero-order chi connectivity index (χ0) is 16.9. The SMILES string of the molecule is Cc1ccc(C)c(CSc2nnc(NC(=O)Nc3cccs3)s2)c1. The van der Waals surface area contributed by atoms with Gasteiger partial charge in [0.05, 0.1) is 5.00 Å². The van der Waals surface area contributed by atoms with Crippen LogP contribution in [-0.4, -0.2) is 16.2 Å². The van der Waals surface area contributed by atoms with Crippen LogP contribution in [0.3, 0.4) is 0 Å². The van der Waals surface area contributed by atoms with Gasteiger partial charge in [0.25, 0.3) is 0 Å². The lowest BCUT2D eigenvalue weighted by molar-refractivity contribution is 0.262. The molecule has 124 valence electrons.